The number of hydrogen-bond donors (Lipinski definition) is 9. The summed E-state index contributed by atoms with van der Waals surface area (Å²) in [4.78, 5) is 64.8. The highest BCUT2D eigenvalue weighted by atomic mass is 32.2. The first kappa shape index (κ1) is 33.9. The molecular formula is C21H40N8O7S. The van der Waals surface area contributed by atoms with Gasteiger partial charge in [0.05, 0.1) is 12.5 Å². The summed E-state index contributed by atoms with van der Waals surface area (Å²) in [7, 11) is 0. The van der Waals surface area contributed by atoms with Crippen LogP contribution in [-0.2, 0) is 24.0 Å². The second kappa shape index (κ2) is 19.1. The van der Waals surface area contributed by atoms with Gasteiger partial charge in [0.1, 0.15) is 18.1 Å². The van der Waals surface area contributed by atoms with Crippen molar-refractivity contribution in [2.24, 2.45) is 27.9 Å². The number of hydrogen-bond acceptors (Lipinski definition) is 9. The standard InChI is InChI=1S/C21H40N8O7S/c1-37-10-7-13(27-17(32)12(23)5-2-3-8-22)18(33)29-15(11-16(30)31)19(34)28-14(20(35)36)6-4-9-26-21(24)25/h12-15H,2-11,22-23H2,1H3,(H,27,32)(H,28,34)(H,29,33)(H,30,31)(H,35,36)(H4,24,25,26). The number of nitrogens with two attached hydrogens (primary N) is 4. The van der Waals surface area contributed by atoms with Crippen LogP contribution < -0.4 is 38.9 Å². The average molecular weight is 549 g/mol. The Hall–Kier alpha value is -3.11. The molecule has 0 aliphatic rings. The third-order valence-corrected chi connectivity index (χ3v) is 5.77. The summed E-state index contributed by atoms with van der Waals surface area (Å²) >= 11 is 1.42. The molecule has 0 aliphatic heterocycles. The minimum absolute atomic E-state index is 0.0416. The summed E-state index contributed by atoms with van der Waals surface area (Å²) in [5, 5.41) is 25.8. The summed E-state index contributed by atoms with van der Waals surface area (Å²) in [5.74, 6) is -4.80. The maximum atomic E-state index is 12.9. The van der Waals surface area contributed by atoms with E-state index in [9.17, 15) is 34.2 Å². The van der Waals surface area contributed by atoms with Crippen molar-refractivity contribution >= 4 is 47.4 Å². The van der Waals surface area contributed by atoms with Crippen LogP contribution in [0.3, 0.4) is 0 Å². The topological polar surface area (TPSA) is 278 Å². The minimum atomic E-state index is -1.59. The molecule has 0 aromatic rings. The van der Waals surface area contributed by atoms with Crippen LogP contribution in [-0.4, -0.2) is 95.1 Å². The Morgan fingerprint density at radius 1 is 0.838 bits per heavy atom. The van der Waals surface area contributed by atoms with Crippen molar-refractivity contribution in [2.45, 2.75) is 69.1 Å². The lowest BCUT2D eigenvalue weighted by molar-refractivity contribution is -0.143. The summed E-state index contributed by atoms with van der Waals surface area (Å²) in [6.07, 6.45) is 3.05. The maximum absolute atomic E-state index is 12.9. The van der Waals surface area contributed by atoms with Crippen LogP contribution in [0.5, 0.6) is 0 Å². The van der Waals surface area contributed by atoms with Gasteiger partial charge >= 0.3 is 11.9 Å². The molecule has 16 heteroatoms. The summed E-state index contributed by atoms with van der Waals surface area (Å²) in [5.41, 5.74) is 21.8. The van der Waals surface area contributed by atoms with E-state index in [1.54, 1.807) is 6.26 Å². The van der Waals surface area contributed by atoms with E-state index in [0.717, 1.165) is 0 Å². The number of guanidine groups is 1. The number of nitrogens with zero attached hydrogens (tertiary/aromatic N) is 1. The van der Waals surface area contributed by atoms with Gasteiger partial charge in [-0.15, -0.1) is 0 Å². The highest BCUT2D eigenvalue weighted by molar-refractivity contribution is 7.98. The van der Waals surface area contributed by atoms with Gasteiger partial charge in [-0.05, 0) is 50.7 Å². The van der Waals surface area contributed by atoms with Gasteiger partial charge in [-0.1, -0.05) is 6.42 Å². The minimum Gasteiger partial charge on any atom is -0.481 e. The zero-order chi connectivity index (χ0) is 28.4. The largest absolute Gasteiger partial charge is 0.481 e. The molecule has 0 aromatic heterocycles. The number of amides is 3. The molecule has 0 heterocycles. The van der Waals surface area contributed by atoms with Gasteiger partial charge in [-0.25, -0.2) is 4.79 Å². The summed E-state index contributed by atoms with van der Waals surface area (Å²) in [6.45, 7) is 0.585. The highest BCUT2D eigenvalue weighted by Gasteiger charge is 2.31. The Morgan fingerprint density at radius 2 is 1.43 bits per heavy atom. The van der Waals surface area contributed by atoms with Crippen molar-refractivity contribution in [2.75, 3.05) is 25.1 Å². The fourth-order valence-electron chi connectivity index (χ4n) is 3.11. The number of aliphatic imine (C=N–C) groups is 1. The van der Waals surface area contributed by atoms with Crippen molar-refractivity contribution in [1.29, 1.82) is 0 Å². The number of carbonyl (C=O) groups excluding carboxylic acids is 3. The average Bonchev–Trinajstić information content (AvgIpc) is 2.82. The molecule has 4 unspecified atom stereocenters. The Balaban J connectivity index is 5.39. The smallest absolute Gasteiger partial charge is 0.326 e. The van der Waals surface area contributed by atoms with Gasteiger partial charge in [0.25, 0.3) is 0 Å². The second-order valence-corrected chi connectivity index (χ2v) is 9.23. The van der Waals surface area contributed by atoms with Crippen LogP contribution in [0.4, 0.5) is 0 Å². The van der Waals surface area contributed by atoms with Crippen LogP contribution in [0.2, 0.25) is 0 Å². The van der Waals surface area contributed by atoms with E-state index in [0.29, 0.717) is 31.6 Å². The van der Waals surface area contributed by atoms with Crippen molar-refractivity contribution in [3.63, 3.8) is 0 Å². The van der Waals surface area contributed by atoms with E-state index < -0.39 is 60.2 Å². The molecule has 37 heavy (non-hydrogen) atoms. The van der Waals surface area contributed by atoms with Crippen molar-refractivity contribution < 1.29 is 34.2 Å². The molecule has 0 bridgehead atoms. The van der Waals surface area contributed by atoms with E-state index >= 15 is 0 Å². The van der Waals surface area contributed by atoms with E-state index in [1.807, 2.05) is 0 Å². The van der Waals surface area contributed by atoms with E-state index in [2.05, 4.69) is 20.9 Å². The molecule has 212 valence electrons. The number of thioether (sulfide) groups is 1. The number of carboxylic acid groups (broad SMARTS) is 2. The zero-order valence-electron chi connectivity index (χ0n) is 21.0. The Bertz CT molecular complexity index is 795. The van der Waals surface area contributed by atoms with Gasteiger partial charge in [-0.2, -0.15) is 11.8 Å². The van der Waals surface area contributed by atoms with Gasteiger partial charge in [-0.3, -0.25) is 24.2 Å². The number of rotatable bonds is 20. The van der Waals surface area contributed by atoms with E-state index in [1.165, 1.54) is 11.8 Å². The van der Waals surface area contributed by atoms with Crippen LogP contribution in [0.15, 0.2) is 4.99 Å². The van der Waals surface area contributed by atoms with Crippen LogP contribution in [0.25, 0.3) is 0 Å². The Morgan fingerprint density at radius 3 is 1.97 bits per heavy atom. The van der Waals surface area contributed by atoms with Crippen LogP contribution in [0, 0.1) is 0 Å². The quantitative estimate of drug-likeness (QED) is 0.0425. The SMILES string of the molecule is CSCCC(NC(=O)C(N)CCCCN)C(=O)NC(CC(=O)O)C(=O)NC(CCCN=C(N)N)C(=O)O. The normalized spacial score (nSPS) is 13.9. The molecule has 0 aliphatic carbocycles. The molecular weight excluding hydrogens is 508 g/mol. The molecule has 15 nitrogen and oxygen atoms in total. The summed E-state index contributed by atoms with van der Waals surface area (Å²) in [6, 6.07) is -4.91. The number of aliphatic carboxylic acids is 2. The highest BCUT2D eigenvalue weighted by Crippen LogP contribution is 2.06. The first-order chi connectivity index (χ1) is 17.4. The zero-order valence-corrected chi connectivity index (χ0v) is 21.8. The fourth-order valence-corrected chi connectivity index (χ4v) is 3.58. The van der Waals surface area contributed by atoms with Gasteiger partial charge in [0.2, 0.25) is 17.7 Å². The molecule has 0 saturated carbocycles. The lowest BCUT2D eigenvalue weighted by atomic mass is 10.1. The molecule has 0 fully saturated rings. The second-order valence-electron chi connectivity index (χ2n) is 8.24. The molecule has 0 saturated heterocycles. The van der Waals surface area contributed by atoms with Crippen LogP contribution in [0.1, 0.15) is 44.9 Å². The number of carboxylic acids is 2. The fraction of sp³-hybridized carbons (Fsp3) is 0.714. The monoisotopic (exact) mass is 548 g/mol. The third kappa shape index (κ3) is 15.6. The Kier molecular flexibility index (Phi) is 17.5. The molecule has 4 atom stereocenters. The molecule has 0 spiro atoms. The van der Waals surface area contributed by atoms with Gasteiger partial charge in [0.15, 0.2) is 5.96 Å². The molecule has 3 amide bonds. The lowest BCUT2D eigenvalue weighted by Gasteiger charge is -2.24. The third-order valence-electron chi connectivity index (χ3n) is 5.12. The van der Waals surface area contributed by atoms with Gasteiger partial charge < -0.3 is 49.1 Å². The predicted molar refractivity (Wildman–Crippen MR) is 139 cm³/mol. The van der Waals surface area contributed by atoms with Crippen molar-refractivity contribution in [3.8, 4) is 0 Å². The Labute approximate surface area is 219 Å². The predicted octanol–water partition coefficient (Wildman–Crippen LogP) is -2.74. The lowest BCUT2D eigenvalue weighted by Crippen LogP contribution is -2.57. The van der Waals surface area contributed by atoms with Crippen LogP contribution >= 0.6 is 11.8 Å². The molecule has 0 radical (unpaired) electrons. The number of nitrogens with one attached hydrogen (secondary N) is 3. The molecule has 0 rings (SSSR count). The molecule has 13 N–H and O–H groups in total. The van der Waals surface area contributed by atoms with Gasteiger partial charge in [0, 0.05) is 6.54 Å². The first-order valence-electron chi connectivity index (χ1n) is 11.8. The maximum Gasteiger partial charge on any atom is 0.326 e. The van der Waals surface area contributed by atoms with E-state index in [-0.39, 0.29) is 31.8 Å². The first-order valence-corrected chi connectivity index (χ1v) is 13.2. The van der Waals surface area contributed by atoms with Crippen molar-refractivity contribution in [3.05, 3.63) is 0 Å². The number of carbonyl (C=O) groups is 5. The molecule has 0 aromatic carbocycles. The summed E-state index contributed by atoms with van der Waals surface area (Å²) < 4.78 is 0. The van der Waals surface area contributed by atoms with E-state index in [4.69, 9.17) is 22.9 Å². The number of unbranched alkanes of at least 4 members (excludes halogenated alkanes) is 1. The van der Waals surface area contributed by atoms with Crippen molar-refractivity contribution in [1.82, 2.24) is 16.0 Å².